The van der Waals surface area contributed by atoms with Crippen LogP contribution in [0.5, 0.6) is 0 Å². The van der Waals surface area contributed by atoms with E-state index in [1.54, 1.807) is 0 Å². The van der Waals surface area contributed by atoms with Gasteiger partial charge in [0.25, 0.3) is 0 Å². The number of carboxylic acids is 1. The predicted molar refractivity (Wildman–Crippen MR) is 64.5 cm³/mol. The summed E-state index contributed by atoms with van der Waals surface area (Å²) in [5, 5.41) is 11.7. The number of hydrogen-bond acceptors (Lipinski definition) is 3. The van der Waals surface area contributed by atoms with Crippen molar-refractivity contribution in [2.24, 2.45) is 5.73 Å². The van der Waals surface area contributed by atoms with Crippen molar-refractivity contribution in [1.29, 1.82) is 0 Å². The summed E-state index contributed by atoms with van der Waals surface area (Å²) in [5.74, 6) is -0.865. The van der Waals surface area contributed by atoms with Crippen LogP contribution in [0.3, 0.4) is 0 Å². The second-order valence-electron chi connectivity index (χ2n) is 4.85. The number of nitrogens with one attached hydrogen (secondary N) is 1. The molecule has 0 aromatic carbocycles. The zero-order valence-electron chi connectivity index (χ0n) is 10.2. The monoisotopic (exact) mass is 242 g/mol. The molecule has 0 unspecified atom stereocenters. The molecule has 98 valence electrons. The number of hydrogen-bond donors (Lipinski definition) is 3. The molecule has 0 bridgehead atoms. The summed E-state index contributed by atoms with van der Waals surface area (Å²) in [6.45, 7) is 0.657. The zero-order valence-corrected chi connectivity index (χ0v) is 10.2. The predicted octanol–water partition coefficient (Wildman–Crippen LogP) is 1.02. The van der Waals surface area contributed by atoms with Crippen LogP contribution in [0.4, 0.5) is 0 Å². The second-order valence-corrected chi connectivity index (χ2v) is 4.85. The molecule has 17 heavy (non-hydrogen) atoms. The molecule has 1 saturated carbocycles. The maximum Gasteiger partial charge on any atom is 0.305 e. The van der Waals surface area contributed by atoms with Crippen LogP contribution in [0.2, 0.25) is 0 Å². The van der Waals surface area contributed by atoms with Crippen LogP contribution in [0.25, 0.3) is 0 Å². The van der Waals surface area contributed by atoms with Crippen LogP contribution in [-0.4, -0.2) is 29.1 Å². The zero-order chi connectivity index (χ0) is 12.7. The Labute approximate surface area is 102 Å². The summed E-state index contributed by atoms with van der Waals surface area (Å²) in [6.07, 6.45) is 5.81. The summed E-state index contributed by atoms with van der Waals surface area (Å²) in [7, 11) is 0. The molecule has 1 aliphatic carbocycles. The molecule has 0 aliphatic heterocycles. The van der Waals surface area contributed by atoms with E-state index in [4.69, 9.17) is 10.8 Å². The van der Waals surface area contributed by atoms with Crippen LogP contribution in [0, 0.1) is 0 Å². The molecule has 5 heteroatoms. The van der Waals surface area contributed by atoms with E-state index in [-0.39, 0.29) is 12.3 Å². The Balaban J connectivity index is 2.25. The van der Waals surface area contributed by atoms with Crippen molar-refractivity contribution in [2.45, 2.75) is 56.9 Å². The smallest absolute Gasteiger partial charge is 0.305 e. The quantitative estimate of drug-likeness (QED) is 0.554. The normalized spacial score (nSPS) is 17.2. The third-order valence-corrected chi connectivity index (χ3v) is 3.31. The maximum absolute atomic E-state index is 11.7. The molecule has 0 aromatic heterocycles. The van der Waals surface area contributed by atoms with Gasteiger partial charge < -0.3 is 16.2 Å². The van der Waals surface area contributed by atoms with Crippen molar-refractivity contribution in [3.8, 4) is 0 Å². The van der Waals surface area contributed by atoms with Gasteiger partial charge in [-0.05, 0) is 38.6 Å². The Morgan fingerprint density at radius 2 is 1.94 bits per heavy atom. The summed E-state index contributed by atoms with van der Waals surface area (Å²) < 4.78 is 0. The van der Waals surface area contributed by atoms with Crippen molar-refractivity contribution < 1.29 is 14.7 Å². The molecular weight excluding hydrogens is 220 g/mol. The van der Waals surface area contributed by atoms with E-state index in [0.29, 0.717) is 13.0 Å². The standard InChI is InChI=1S/C12H22N2O3/c13-8-3-1-2-5-10(15)14-12(6-4-7-12)9-11(16)17/h1-9,13H2,(H,14,15)(H,16,17). The van der Waals surface area contributed by atoms with Gasteiger partial charge in [-0.3, -0.25) is 9.59 Å². The summed E-state index contributed by atoms with van der Waals surface area (Å²) in [4.78, 5) is 22.4. The number of rotatable bonds is 8. The van der Waals surface area contributed by atoms with Crippen LogP contribution < -0.4 is 11.1 Å². The lowest BCUT2D eigenvalue weighted by atomic mass is 9.74. The molecule has 1 aliphatic rings. The number of aliphatic carboxylic acids is 1. The van der Waals surface area contributed by atoms with E-state index in [1.807, 2.05) is 0 Å². The molecule has 5 nitrogen and oxygen atoms in total. The van der Waals surface area contributed by atoms with Crippen molar-refractivity contribution in [2.75, 3.05) is 6.54 Å². The number of nitrogens with two attached hydrogens (primary N) is 1. The highest BCUT2D eigenvalue weighted by atomic mass is 16.4. The molecule has 0 heterocycles. The van der Waals surface area contributed by atoms with Gasteiger partial charge in [0.05, 0.1) is 12.0 Å². The first-order chi connectivity index (χ1) is 8.08. The minimum absolute atomic E-state index is 0.0250. The Morgan fingerprint density at radius 3 is 2.41 bits per heavy atom. The third-order valence-electron chi connectivity index (χ3n) is 3.31. The molecule has 4 N–H and O–H groups in total. The summed E-state index contributed by atoms with van der Waals surface area (Å²) in [6, 6.07) is 0. The highest BCUT2D eigenvalue weighted by Crippen LogP contribution is 2.35. The van der Waals surface area contributed by atoms with Crippen molar-refractivity contribution in [1.82, 2.24) is 5.32 Å². The fourth-order valence-electron chi connectivity index (χ4n) is 2.20. The largest absolute Gasteiger partial charge is 0.481 e. The van der Waals surface area contributed by atoms with Gasteiger partial charge in [0.2, 0.25) is 5.91 Å². The highest BCUT2D eigenvalue weighted by molar-refractivity contribution is 5.78. The first kappa shape index (κ1) is 14.0. The molecule has 0 atom stereocenters. The van der Waals surface area contributed by atoms with E-state index in [1.165, 1.54) is 0 Å². The lowest BCUT2D eigenvalue weighted by Crippen LogP contribution is -2.54. The van der Waals surface area contributed by atoms with Gasteiger partial charge in [-0.2, -0.15) is 0 Å². The van der Waals surface area contributed by atoms with Crippen molar-refractivity contribution in [3.63, 3.8) is 0 Å². The van der Waals surface area contributed by atoms with E-state index in [0.717, 1.165) is 38.5 Å². The van der Waals surface area contributed by atoms with E-state index >= 15 is 0 Å². The number of carboxylic acid groups (broad SMARTS) is 1. The topological polar surface area (TPSA) is 92.4 Å². The van der Waals surface area contributed by atoms with Crippen molar-refractivity contribution >= 4 is 11.9 Å². The summed E-state index contributed by atoms with van der Waals surface area (Å²) >= 11 is 0. The third kappa shape index (κ3) is 4.73. The Hall–Kier alpha value is -1.10. The molecular formula is C12H22N2O3. The van der Waals surface area contributed by atoms with Crippen LogP contribution in [0.15, 0.2) is 0 Å². The van der Waals surface area contributed by atoms with Crippen LogP contribution >= 0.6 is 0 Å². The minimum atomic E-state index is -0.840. The van der Waals surface area contributed by atoms with Gasteiger partial charge in [-0.25, -0.2) is 0 Å². The number of carbonyl (C=O) groups excluding carboxylic acids is 1. The number of unbranched alkanes of at least 4 members (excludes halogenated alkanes) is 2. The van der Waals surface area contributed by atoms with E-state index in [9.17, 15) is 9.59 Å². The van der Waals surface area contributed by atoms with Crippen molar-refractivity contribution in [3.05, 3.63) is 0 Å². The average Bonchev–Trinajstić information content (AvgIpc) is 2.20. The number of carbonyl (C=O) groups is 2. The Morgan fingerprint density at radius 1 is 1.24 bits per heavy atom. The first-order valence-corrected chi connectivity index (χ1v) is 6.31. The van der Waals surface area contributed by atoms with E-state index < -0.39 is 11.5 Å². The Kier molecular flexibility index (Phi) is 5.41. The molecule has 0 saturated heterocycles. The lowest BCUT2D eigenvalue weighted by Gasteiger charge is -2.41. The molecule has 1 rings (SSSR count). The summed E-state index contributed by atoms with van der Waals surface area (Å²) in [5.41, 5.74) is 4.91. The number of amides is 1. The SMILES string of the molecule is NCCCCCC(=O)NC1(CC(=O)O)CCC1. The first-order valence-electron chi connectivity index (χ1n) is 6.31. The molecule has 0 radical (unpaired) electrons. The highest BCUT2D eigenvalue weighted by Gasteiger charge is 2.40. The molecule has 0 aromatic rings. The lowest BCUT2D eigenvalue weighted by molar-refractivity contribution is -0.140. The molecule has 1 fully saturated rings. The van der Waals surface area contributed by atoms with Gasteiger partial charge in [0.15, 0.2) is 0 Å². The fourth-order valence-corrected chi connectivity index (χ4v) is 2.20. The van der Waals surface area contributed by atoms with Gasteiger partial charge >= 0.3 is 5.97 Å². The van der Waals surface area contributed by atoms with Crippen LogP contribution in [-0.2, 0) is 9.59 Å². The van der Waals surface area contributed by atoms with Gasteiger partial charge in [0.1, 0.15) is 0 Å². The fraction of sp³-hybridized carbons (Fsp3) is 0.833. The Bertz CT molecular complexity index is 275. The second kappa shape index (κ2) is 6.59. The van der Waals surface area contributed by atoms with E-state index in [2.05, 4.69) is 5.32 Å². The van der Waals surface area contributed by atoms with Gasteiger partial charge in [-0.15, -0.1) is 0 Å². The molecule has 0 spiro atoms. The van der Waals surface area contributed by atoms with Gasteiger partial charge in [-0.1, -0.05) is 6.42 Å². The van der Waals surface area contributed by atoms with Gasteiger partial charge in [0, 0.05) is 6.42 Å². The average molecular weight is 242 g/mol. The van der Waals surface area contributed by atoms with Crippen LogP contribution in [0.1, 0.15) is 51.4 Å². The minimum Gasteiger partial charge on any atom is -0.481 e. The molecule has 1 amide bonds. The maximum atomic E-state index is 11.7.